The number of aliphatic hydroxyl groups excluding tert-OH is 1. The van der Waals surface area contributed by atoms with E-state index in [2.05, 4.69) is 10.4 Å². The highest BCUT2D eigenvalue weighted by molar-refractivity contribution is 5.82. The minimum absolute atomic E-state index is 0.121. The summed E-state index contributed by atoms with van der Waals surface area (Å²) >= 11 is 0. The maximum atomic E-state index is 12.7. The van der Waals surface area contributed by atoms with Crippen LogP contribution in [-0.2, 0) is 22.3 Å². The lowest BCUT2D eigenvalue weighted by Crippen LogP contribution is -2.35. The Morgan fingerprint density at radius 3 is 2.58 bits per heavy atom. The lowest BCUT2D eigenvalue weighted by molar-refractivity contribution is -0.142. The summed E-state index contributed by atoms with van der Waals surface area (Å²) < 4.78 is 38.9. The Morgan fingerprint density at radius 2 is 2.08 bits per heavy atom. The number of halogens is 3. The molecule has 0 saturated carbocycles. The predicted molar refractivity (Wildman–Crippen MR) is 76.7 cm³/mol. The second kappa shape index (κ2) is 6.80. The maximum absolute atomic E-state index is 12.7. The molecule has 1 saturated heterocycles. The van der Waals surface area contributed by atoms with Gasteiger partial charge in [-0.2, -0.15) is 18.3 Å². The third-order valence-corrected chi connectivity index (χ3v) is 4.17. The molecule has 0 aromatic carbocycles. The molecule has 1 fully saturated rings. The van der Waals surface area contributed by atoms with E-state index in [0.29, 0.717) is 0 Å². The number of hydrogen-bond acceptors (Lipinski definition) is 4. The molecule has 0 radical (unpaired) electrons. The smallest absolute Gasteiger partial charge is 0.396 e. The molecule has 1 aliphatic heterocycles. The Bertz CT molecular complexity index is 629. The molecule has 2 N–H and O–H groups in total. The lowest BCUT2D eigenvalue weighted by atomic mass is 9.96. The molecule has 134 valence electrons. The number of likely N-dealkylation sites (tertiary alicyclic amines) is 1. The van der Waals surface area contributed by atoms with Crippen molar-refractivity contribution >= 4 is 11.8 Å². The van der Waals surface area contributed by atoms with Gasteiger partial charge in [0.15, 0.2) is 5.69 Å². The van der Waals surface area contributed by atoms with Crippen molar-refractivity contribution in [2.45, 2.75) is 19.6 Å². The average Bonchev–Trinajstić information content (AvgIpc) is 3.10. The fraction of sp³-hybridized carbons (Fsp3) is 0.643. The number of amides is 2. The quantitative estimate of drug-likeness (QED) is 0.803. The number of rotatable bonds is 4. The minimum Gasteiger partial charge on any atom is -0.396 e. The van der Waals surface area contributed by atoms with Crippen molar-refractivity contribution in [1.82, 2.24) is 20.0 Å². The van der Waals surface area contributed by atoms with E-state index in [9.17, 15) is 27.9 Å². The SMILES string of the molecule is CNC(=O)[C@@H]1CN(C(=O)Cn2nc(C(F)(F)F)cc2C)C[C@H]1CO. The molecule has 1 aliphatic rings. The standard InChI is InChI=1S/C14H19F3N4O3/c1-8-3-11(14(15,16)17)19-21(8)6-12(23)20-4-9(7-22)10(5-20)13(24)18-2/h3,9-10,22H,4-7H2,1-2H3,(H,18,24)/t9-,10+/m0/s1. The van der Waals surface area contributed by atoms with Crippen molar-refractivity contribution < 1.29 is 27.9 Å². The number of nitrogens with one attached hydrogen (secondary N) is 1. The van der Waals surface area contributed by atoms with Crippen LogP contribution in [0.1, 0.15) is 11.4 Å². The third kappa shape index (κ3) is 3.69. The van der Waals surface area contributed by atoms with Gasteiger partial charge in [0.05, 0.1) is 5.92 Å². The van der Waals surface area contributed by atoms with E-state index in [1.165, 1.54) is 18.9 Å². The lowest BCUT2D eigenvalue weighted by Gasteiger charge is -2.16. The van der Waals surface area contributed by atoms with E-state index in [-0.39, 0.29) is 37.8 Å². The van der Waals surface area contributed by atoms with Gasteiger partial charge in [0.2, 0.25) is 11.8 Å². The second-order valence-corrected chi connectivity index (χ2v) is 5.79. The molecule has 2 atom stereocenters. The van der Waals surface area contributed by atoms with Crippen LogP contribution >= 0.6 is 0 Å². The van der Waals surface area contributed by atoms with Crippen molar-refractivity contribution in [1.29, 1.82) is 0 Å². The first-order valence-electron chi connectivity index (χ1n) is 7.39. The molecule has 1 aromatic rings. The van der Waals surface area contributed by atoms with E-state index in [0.717, 1.165) is 10.7 Å². The summed E-state index contributed by atoms with van der Waals surface area (Å²) in [6.45, 7) is 1.14. The molecule has 0 unspecified atom stereocenters. The fourth-order valence-corrected chi connectivity index (χ4v) is 2.78. The molecular formula is C14H19F3N4O3. The van der Waals surface area contributed by atoms with Crippen LogP contribution in [0.4, 0.5) is 13.2 Å². The van der Waals surface area contributed by atoms with Crippen LogP contribution in [0.3, 0.4) is 0 Å². The highest BCUT2D eigenvalue weighted by atomic mass is 19.4. The normalized spacial score (nSPS) is 21.2. The van der Waals surface area contributed by atoms with Gasteiger partial charge in [-0.05, 0) is 13.0 Å². The molecule has 24 heavy (non-hydrogen) atoms. The van der Waals surface area contributed by atoms with Crippen molar-refractivity contribution in [2.24, 2.45) is 11.8 Å². The summed E-state index contributed by atoms with van der Waals surface area (Å²) in [6, 6.07) is 0.876. The molecule has 2 rings (SSSR count). The van der Waals surface area contributed by atoms with Gasteiger partial charge in [-0.3, -0.25) is 14.3 Å². The number of alkyl halides is 3. The van der Waals surface area contributed by atoms with Crippen molar-refractivity contribution in [3.63, 3.8) is 0 Å². The van der Waals surface area contributed by atoms with Gasteiger partial charge in [0.25, 0.3) is 0 Å². The maximum Gasteiger partial charge on any atom is 0.435 e. The summed E-state index contributed by atoms with van der Waals surface area (Å²) in [6.07, 6.45) is -4.57. The van der Waals surface area contributed by atoms with Crippen LogP contribution in [0.15, 0.2) is 6.07 Å². The van der Waals surface area contributed by atoms with E-state index in [1.807, 2.05) is 0 Å². The zero-order chi connectivity index (χ0) is 18.1. The molecule has 0 spiro atoms. The number of aryl methyl sites for hydroxylation is 1. The van der Waals surface area contributed by atoms with Gasteiger partial charge in [-0.15, -0.1) is 0 Å². The minimum atomic E-state index is -4.57. The molecule has 7 nitrogen and oxygen atoms in total. The molecule has 0 bridgehead atoms. The molecule has 0 aliphatic carbocycles. The van der Waals surface area contributed by atoms with Gasteiger partial charge in [-0.25, -0.2) is 0 Å². The van der Waals surface area contributed by atoms with Crippen molar-refractivity contribution in [3.8, 4) is 0 Å². The fourth-order valence-electron chi connectivity index (χ4n) is 2.78. The third-order valence-electron chi connectivity index (χ3n) is 4.17. The highest BCUT2D eigenvalue weighted by Gasteiger charge is 2.39. The van der Waals surface area contributed by atoms with Crippen LogP contribution in [-0.4, -0.2) is 58.3 Å². The van der Waals surface area contributed by atoms with Crippen LogP contribution in [0, 0.1) is 18.8 Å². The number of hydrogen-bond donors (Lipinski definition) is 2. The van der Waals surface area contributed by atoms with Crippen molar-refractivity contribution in [3.05, 3.63) is 17.5 Å². The van der Waals surface area contributed by atoms with Crippen LogP contribution < -0.4 is 5.32 Å². The molecule has 10 heteroatoms. The molecule has 2 amide bonds. The largest absolute Gasteiger partial charge is 0.435 e. The van der Waals surface area contributed by atoms with Gasteiger partial charge in [-0.1, -0.05) is 0 Å². The molecule has 2 heterocycles. The molecule has 1 aromatic heterocycles. The Morgan fingerprint density at radius 1 is 1.42 bits per heavy atom. The Kier molecular flexibility index (Phi) is 5.16. The van der Waals surface area contributed by atoms with E-state index < -0.39 is 29.6 Å². The summed E-state index contributed by atoms with van der Waals surface area (Å²) in [5.41, 5.74) is -0.831. The topological polar surface area (TPSA) is 87.5 Å². The Hall–Kier alpha value is -2.10. The second-order valence-electron chi connectivity index (χ2n) is 5.79. The number of carbonyl (C=O) groups excluding carboxylic acids is 2. The predicted octanol–water partition coefficient (Wildman–Crippen LogP) is 0.0232. The number of aliphatic hydroxyl groups is 1. The van der Waals surface area contributed by atoms with Gasteiger partial charge in [0, 0.05) is 38.4 Å². The van der Waals surface area contributed by atoms with Crippen LogP contribution in [0.25, 0.3) is 0 Å². The van der Waals surface area contributed by atoms with Crippen molar-refractivity contribution in [2.75, 3.05) is 26.7 Å². The first kappa shape index (κ1) is 18.2. The van der Waals surface area contributed by atoms with Gasteiger partial charge in [0.1, 0.15) is 6.54 Å². The first-order chi connectivity index (χ1) is 11.2. The number of carbonyl (C=O) groups is 2. The summed E-state index contributed by atoms with van der Waals surface area (Å²) in [5, 5.41) is 15.2. The number of nitrogens with zero attached hydrogens (tertiary/aromatic N) is 3. The Balaban J connectivity index is 2.08. The zero-order valence-electron chi connectivity index (χ0n) is 13.3. The van der Waals surface area contributed by atoms with E-state index >= 15 is 0 Å². The first-order valence-corrected chi connectivity index (χ1v) is 7.39. The van der Waals surface area contributed by atoms with Gasteiger partial charge < -0.3 is 15.3 Å². The Labute approximate surface area is 136 Å². The summed E-state index contributed by atoms with van der Waals surface area (Å²) in [4.78, 5) is 25.5. The summed E-state index contributed by atoms with van der Waals surface area (Å²) in [5.74, 6) is -1.65. The van der Waals surface area contributed by atoms with Crippen LogP contribution in [0.2, 0.25) is 0 Å². The van der Waals surface area contributed by atoms with Gasteiger partial charge >= 0.3 is 6.18 Å². The van der Waals surface area contributed by atoms with Crippen LogP contribution in [0.5, 0.6) is 0 Å². The van der Waals surface area contributed by atoms with E-state index in [1.54, 1.807) is 0 Å². The number of aromatic nitrogens is 2. The highest BCUT2D eigenvalue weighted by Crippen LogP contribution is 2.28. The zero-order valence-corrected chi connectivity index (χ0v) is 13.3. The summed E-state index contributed by atoms with van der Waals surface area (Å²) in [7, 11) is 1.47. The average molecular weight is 348 g/mol. The van der Waals surface area contributed by atoms with E-state index in [4.69, 9.17) is 0 Å². The molecular weight excluding hydrogens is 329 g/mol. The monoisotopic (exact) mass is 348 g/mol.